The number of phenols is 3. The van der Waals surface area contributed by atoms with E-state index in [1.54, 1.807) is 0 Å². The number of hydrogen-bond donors (Lipinski definition) is 5. The zero-order chi connectivity index (χ0) is 21.7. The monoisotopic (exact) mass is 411 g/mol. The van der Waals surface area contributed by atoms with Crippen LogP contribution in [0.4, 0.5) is 11.8 Å². The van der Waals surface area contributed by atoms with Gasteiger partial charge in [0, 0.05) is 37.1 Å². The van der Waals surface area contributed by atoms with Crippen LogP contribution in [-0.2, 0) is 0 Å². The number of aromatic hydroxyl groups is 3. The van der Waals surface area contributed by atoms with Gasteiger partial charge in [-0.1, -0.05) is 12.1 Å². The molecule has 3 aromatic rings. The number of fused-ring (bicyclic) bond motifs is 1. The molecular formula is C21H25N5O4. The molecule has 1 heterocycles. The van der Waals surface area contributed by atoms with Crippen molar-refractivity contribution in [3.05, 3.63) is 42.0 Å². The van der Waals surface area contributed by atoms with Gasteiger partial charge in [-0.2, -0.15) is 4.98 Å². The average molecular weight is 411 g/mol. The quantitative estimate of drug-likeness (QED) is 0.282. The van der Waals surface area contributed by atoms with Crippen molar-refractivity contribution in [1.29, 1.82) is 0 Å². The molecule has 0 spiro atoms. The fourth-order valence-corrected chi connectivity index (χ4v) is 3.04. The van der Waals surface area contributed by atoms with Gasteiger partial charge < -0.3 is 30.9 Å². The molecule has 1 amide bonds. The number of aromatic nitrogens is 2. The van der Waals surface area contributed by atoms with Crippen LogP contribution in [0.2, 0.25) is 0 Å². The molecule has 30 heavy (non-hydrogen) atoms. The number of hydrogen-bond acceptors (Lipinski definition) is 8. The molecule has 0 aliphatic rings. The number of nitrogens with zero attached hydrogens (tertiary/aromatic N) is 3. The normalized spacial score (nSPS) is 10.7. The number of amides is 1. The van der Waals surface area contributed by atoms with Crippen molar-refractivity contribution in [2.24, 2.45) is 0 Å². The summed E-state index contributed by atoms with van der Waals surface area (Å²) < 4.78 is 0. The van der Waals surface area contributed by atoms with Crippen LogP contribution in [0.15, 0.2) is 36.4 Å². The van der Waals surface area contributed by atoms with Crippen LogP contribution < -0.4 is 15.5 Å². The summed E-state index contributed by atoms with van der Waals surface area (Å²) in [6, 6.07) is 9.89. The molecule has 0 bridgehead atoms. The van der Waals surface area contributed by atoms with Crippen molar-refractivity contribution in [3.8, 4) is 17.2 Å². The van der Waals surface area contributed by atoms with Gasteiger partial charge in [-0.25, -0.2) is 4.98 Å². The Hall–Kier alpha value is -3.75. The third kappa shape index (κ3) is 4.45. The van der Waals surface area contributed by atoms with E-state index in [0.717, 1.165) is 36.1 Å². The SMILES string of the molecule is CCN(CC)c1nc(NCCNC(=O)c2cc(O)c(O)c(O)c2)c2ccccc2n1. The van der Waals surface area contributed by atoms with Gasteiger partial charge >= 0.3 is 0 Å². The Balaban J connectivity index is 1.69. The lowest BCUT2D eigenvalue weighted by molar-refractivity contribution is 0.0954. The van der Waals surface area contributed by atoms with Crippen molar-refractivity contribution in [1.82, 2.24) is 15.3 Å². The van der Waals surface area contributed by atoms with E-state index in [-0.39, 0.29) is 12.1 Å². The molecule has 2 aromatic carbocycles. The second kappa shape index (κ2) is 9.17. The summed E-state index contributed by atoms with van der Waals surface area (Å²) in [7, 11) is 0. The number of carbonyl (C=O) groups is 1. The summed E-state index contributed by atoms with van der Waals surface area (Å²) in [5.41, 5.74) is 0.870. The van der Waals surface area contributed by atoms with Crippen LogP contribution >= 0.6 is 0 Å². The van der Waals surface area contributed by atoms with Crippen LogP contribution in [0.25, 0.3) is 10.9 Å². The number of anilines is 2. The third-order valence-electron chi connectivity index (χ3n) is 4.67. The fourth-order valence-electron chi connectivity index (χ4n) is 3.04. The number of rotatable bonds is 8. The molecule has 0 aliphatic heterocycles. The van der Waals surface area contributed by atoms with Gasteiger partial charge in [0.1, 0.15) is 5.82 Å². The first-order valence-electron chi connectivity index (χ1n) is 9.73. The molecule has 9 heteroatoms. The van der Waals surface area contributed by atoms with Gasteiger partial charge in [0.25, 0.3) is 5.91 Å². The molecule has 5 N–H and O–H groups in total. The van der Waals surface area contributed by atoms with E-state index in [1.165, 1.54) is 0 Å². The Morgan fingerprint density at radius 2 is 1.67 bits per heavy atom. The Morgan fingerprint density at radius 3 is 2.33 bits per heavy atom. The zero-order valence-electron chi connectivity index (χ0n) is 16.9. The van der Waals surface area contributed by atoms with Gasteiger partial charge in [-0.05, 0) is 38.1 Å². The fraction of sp³-hybridized carbons (Fsp3) is 0.286. The van der Waals surface area contributed by atoms with Crippen molar-refractivity contribution in [2.45, 2.75) is 13.8 Å². The highest BCUT2D eigenvalue weighted by molar-refractivity contribution is 5.95. The van der Waals surface area contributed by atoms with Gasteiger partial charge in [-0.15, -0.1) is 0 Å². The van der Waals surface area contributed by atoms with Crippen molar-refractivity contribution >= 4 is 28.6 Å². The highest BCUT2D eigenvalue weighted by atomic mass is 16.3. The van der Waals surface area contributed by atoms with E-state index < -0.39 is 23.2 Å². The van der Waals surface area contributed by atoms with Gasteiger partial charge in [-0.3, -0.25) is 4.79 Å². The van der Waals surface area contributed by atoms with E-state index in [2.05, 4.69) is 25.5 Å². The molecule has 9 nitrogen and oxygen atoms in total. The Labute approximate surface area is 174 Å². The Kier molecular flexibility index (Phi) is 6.41. The van der Waals surface area contributed by atoms with E-state index >= 15 is 0 Å². The van der Waals surface area contributed by atoms with Crippen LogP contribution in [0.1, 0.15) is 24.2 Å². The summed E-state index contributed by atoms with van der Waals surface area (Å²) in [5, 5.41) is 35.3. The lowest BCUT2D eigenvalue weighted by Crippen LogP contribution is -2.29. The lowest BCUT2D eigenvalue weighted by Gasteiger charge is -2.20. The highest BCUT2D eigenvalue weighted by Gasteiger charge is 2.14. The molecule has 0 unspecified atom stereocenters. The predicted octanol–water partition coefficient (Wildman–Crippen LogP) is 2.43. The average Bonchev–Trinajstić information content (AvgIpc) is 2.75. The van der Waals surface area contributed by atoms with E-state index in [1.807, 2.05) is 38.1 Å². The number of carbonyl (C=O) groups excluding carboxylic acids is 1. The molecular weight excluding hydrogens is 386 g/mol. The largest absolute Gasteiger partial charge is 0.504 e. The van der Waals surface area contributed by atoms with Crippen molar-refractivity contribution in [2.75, 3.05) is 36.4 Å². The number of para-hydroxylation sites is 1. The van der Waals surface area contributed by atoms with Gasteiger partial charge in [0.15, 0.2) is 17.2 Å². The first kappa shape index (κ1) is 21.0. The van der Waals surface area contributed by atoms with E-state index in [4.69, 9.17) is 0 Å². The predicted molar refractivity (Wildman–Crippen MR) is 115 cm³/mol. The second-order valence-electron chi connectivity index (χ2n) is 6.61. The van der Waals surface area contributed by atoms with Crippen molar-refractivity contribution < 1.29 is 20.1 Å². The lowest BCUT2D eigenvalue weighted by atomic mass is 10.1. The second-order valence-corrected chi connectivity index (χ2v) is 6.61. The summed E-state index contributed by atoms with van der Waals surface area (Å²) >= 11 is 0. The van der Waals surface area contributed by atoms with Crippen molar-refractivity contribution in [3.63, 3.8) is 0 Å². The highest BCUT2D eigenvalue weighted by Crippen LogP contribution is 2.35. The molecule has 158 valence electrons. The summed E-state index contributed by atoms with van der Waals surface area (Å²) in [4.78, 5) is 23.6. The minimum absolute atomic E-state index is 0.0408. The molecule has 0 aliphatic carbocycles. The summed E-state index contributed by atoms with van der Waals surface area (Å²) in [6.07, 6.45) is 0. The van der Waals surface area contributed by atoms with Gasteiger partial charge in [0.05, 0.1) is 5.52 Å². The maximum absolute atomic E-state index is 12.2. The maximum Gasteiger partial charge on any atom is 0.251 e. The summed E-state index contributed by atoms with van der Waals surface area (Å²) in [6.45, 7) is 6.35. The molecule has 3 rings (SSSR count). The molecule has 0 fully saturated rings. The number of benzene rings is 2. The van der Waals surface area contributed by atoms with Crippen LogP contribution in [0, 0.1) is 0 Å². The molecule has 0 saturated heterocycles. The summed E-state index contributed by atoms with van der Waals surface area (Å²) in [5.74, 6) is -0.951. The Bertz CT molecular complexity index is 1030. The smallest absolute Gasteiger partial charge is 0.251 e. The molecule has 0 saturated carbocycles. The maximum atomic E-state index is 12.2. The van der Waals surface area contributed by atoms with Crippen LogP contribution in [-0.4, -0.2) is 57.4 Å². The first-order valence-corrected chi connectivity index (χ1v) is 9.73. The minimum atomic E-state index is -0.659. The van der Waals surface area contributed by atoms with E-state index in [9.17, 15) is 20.1 Å². The minimum Gasteiger partial charge on any atom is -0.504 e. The molecule has 0 radical (unpaired) electrons. The topological polar surface area (TPSA) is 131 Å². The molecule has 1 aromatic heterocycles. The standard InChI is InChI=1S/C21H25N5O4/c1-3-26(4-2)21-24-15-8-6-5-7-14(15)19(25-21)22-9-10-23-20(30)13-11-16(27)18(29)17(28)12-13/h5-8,11-12,27-29H,3-4,9-10H2,1-2H3,(H,23,30)(H,22,24,25). The molecule has 0 atom stereocenters. The van der Waals surface area contributed by atoms with Gasteiger partial charge in [0.2, 0.25) is 5.95 Å². The first-order chi connectivity index (χ1) is 14.4. The third-order valence-corrected chi connectivity index (χ3v) is 4.67. The zero-order valence-corrected chi connectivity index (χ0v) is 16.9. The number of nitrogens with one attached hydrogen (secondary N) is 2. The van der Waals surface area contributed by atoms with Crippen LogP contribution in [0.5, 0.6) is 17.2 Å². The Morgan fingerprint density at radius 1 is 1.00 bits per heavy atom. The van der Waals surface area contributed by atoms with E-state index in [0.29, 0.717) is 18.3 Å². The van der Waals surface area contributed by atoms with Crippen LogP contribution in [0.3, 0.4) is 0 Å². The number of phenolic OH excluding ortho intramolecular Hbond substituents is 3.